The fourth-order valence-corrected chi connectivity index (χ4v) is 4.56. The molecule has 4 aromatic rings. The van der Waals surface area contributed by atoms with E-state index in [1.807, 2.05) is 0 Å². The average Bonchev–Trinajstić information content (AvgIpc) is 3.24. The van der Waals surface area contributed by atoms with Gasteiger partial charge in [0.05, 0.1) is 0 Å². The van der Waals surface area contributed by atoms with Gasteiger partial charge in [-0.05, 0) is 110 Å². The van der Waals surface area contributed by atoms with Crippen molar-refractivity contribution in [3.63, 3.8) is 0 Å². The fourth-order valence-electron chi connectivity index (χ4n) is 4.56. The van der Waals surface area contributed by atoms with Gasteiger partial charge in [-0.25, -0.2) is 19.2 Å². The Labute approximate surface area is 343 Å². The predicted molar refractivity (Wildman–Crippen MR) is 219 cm³/mol. The van der Waals surface area contributed by atoms with Crippen LogP contribution in [0.4, 0.5) is 0 Å². The van der Waals surface area contributed by atoms with Crippen LogP contribution in [0.1, 0.15) is 25.0 Å². The number of carbonyl (C=O) groups excluding carboxylic acids is 4. The first kappa shape index (κ1) is 44.4. The zero-order chi connectivity index (χ0) is 42.2. The molecule has 13 nitrogen and oxygen atoms in total. The molecular weight excluding hydrogens is 760 g/mol. The first-order valence-electron chi connectivity index (χ1n) is 18.5. The van der Waals surface area contributed by atoms with Crippen LogP contribution in [0.3, 0.4) is 0 Å². The predicted octanol–water partition coefficient (Wildman–Crippen LogP) is 7.75. The monoisotopic (exact) mass is 806 g/mol. The van der Waals surface area contributed by atoms with Crippen LogP contribution >= 0.6 is 0 Å². The van der Waals surface area contributed by atoms with E-state index in [-0.39, 0.29) is 52.9 Å². The summed E-state index contributed by atoms with van der Waals surface area (Å²) in [5, 5.41) is 0. The van der Waals surface area contributed by atoms with E-state index >= 15 is 0 Å². The van der Waals surface area contributed by atoms with Crippen molar-refractivity contribution in [2.45, 2.75) is 13.8 Å². The van der Waals surface area contributed by atoms with Gasteiger partial charge < -0.3 is 42.6 Å². The van der Waals surface area contributed by atoms with Crippen molar-refractivity contribution >= 4 is 36.0 Å². The maximum Gasteiger partial charge on any atom is 0.333 e. The molecule has 0 atom stereocenters. The van der Waals surface area contributed by atoms with Gasteiger partial charge in [-0.1, -0.05) is 37.4 Å². The Bertz CT molecular complexity index is 1900. The summed E-state index contributed by atoms with van der Waals surface area (Å²) in [6.45, 7) is 11.3. The second kappa shape index (κ2) is 24.4. The highest BCUT2D eigenvalue weighted by molar-refractivity contribution is 5.88. The molecule has 13 heteroatoms. The quantitative estimate of drug-likeness (QED) is 0.0294. The number of rotatable bonds is 24. The second-order valence-electron chi connectivity index (χ2n) is 12.4. The molecule has 0 aliphatic heterocycles. The summed E-state index contributed by atoms with van der Waals surface area (Å²) in [5.74, 6) is 1.61. The summed E-state index contributed by atoms with van der Waals surface area (Å²) >= 11 is 0. The molecule has 4 rings (SSSR count). The van der Waals surface area contributed by atoms with Gasteiger partial charge in [-0.3, -0.25) is 0 Å². The summed E-state index contributed by atoms with van der Waals surface area (Å²) in [5.41, 5.74) is 2.21. The third kappa shape index (κ3) is 17.6. The zero-order valence-corrected chi connectivity index (χ0v) is 32.9. The second-order valence-corrected chi connectivity index (χ2v) is 12.4. The lowest BCUT2D eigenvalue weighted by atomic mass is 10.2. The molecule has 0 aliphatic carbocycles. The molecule has 0 fully saturated rings. The fraction of sp³-hybridized carbons (Fsp3) is 0.217. The number of carbonyl (C=O) groups is 4. The lowest BCUT2D eigenvalue weighted by Gasteiger charge is -2.10. The van der Waals surface area contributed by atoms with E-state index < -0.39 is 23.9 Å². The van der Waals surface area contributed by atoms with Crippen LogP contribution < -0.4 is 23.7 Å². The van der Waals surface area contributed by atoms with E-state index in [0.29, 0.717) is 45.6 Å². The van der Waals surface area contributed by atoms with Crippen molar-refractivity contribution in [2.75, 3.05) is 52.9 Å². The molecule has 0 aliphatic rings. The molecule has 0 heterocycles. The Morgan fingerprint density at radius 2 is 0.678 bits per heavy atom. The lowest BCUT2D eigenvalue weighted by molar-refractivity contribution is -0.140. The molecule has 0 N–H and O–H groups in total. The first-order valence-corrected chi connectivity index (χ1v) is 18.5. The van der Waals surface area contributed by atoms with Crippen molar-refractivity contribution in [2.24, 2.45) is 0 Å². The summed E-state index contributed by atoms with van der Waals surface area (Å²) in [6.07, 6.45) is 5.91. The van der Waals surface area contributed by atoms with Crippen molar-refractivity contribution in [1.82, 2.24) is 0 Å². The number of hydrogen-bond acceptors (Lipinski definition) is 13. The highest BCUT2D eigenvalue weighted by Crippen LogP contribution is 2.26. The third-order valence-corrected chi connectivity index (χ3v) is 7.53. The SMILES string of the molecule is C=C(C)C(=O)OCCOc1ccc(C=CC(=O)OCCOc2ccc(Oc3ccc(OCCOC(=O)C=Cc4ccc(OCCOC(=O)C(=C)C)cc4)cc3)cc2)cc1. The van der Waals surface area contributed by atoms with E-state index in [9.17, 15) is 19.2 Å². The van der Waals surface area contributed by atoms with Gasteiger partial charge in [0.2, 0.25) is 0 Å². The maximum absolute atomic E-state index is 12.1. The minimum atomic E-state index is -0.508. The molecule has 0 spiro atoms. The van der Waals surface area contributed by atoms with Crippen LogP contribution in [0.5, 0.6) is 34.5 Å². The molecule has 4 aromatic carbocycles. The van der Waals surface area contributed by atoms with Crippen molar-refractivity contribution in [3.05, 3.63) is 145 Å². The number of esters is 4. The lowest BCUT2D eigenvalue weighted by Crippen LogP contribution is -2.12. The Kier molecular flexibility index (Phi) is 18.4. The summed E-state index contributed by atoms with van der Waals surface area (Å²) in [4.78, 5) is 47.0. The molecule has 0 radical (unpaired) electrons. The molecule has 0 aromatic heterocycles. The molecule has 59 heavy (non-hydrogen) atoms. The van der Waals surface area contributed by atoms with Crippen LogP contribution in [-0.2, 0) is 38.1 Å². The van der Waals surface area contributed by atoms with Crippen LogP contribution in [-0.4, -0.2) is 76.7 Å². The van der Waals surface area contributed by atoms with E-state index in [0.717, 1.165) is 11.1 Å². The number of ether oxygens (including phenoxy) is 9. The van der Waals surface area contributed by atoms with Gasteiger partial charge in [-0.2, -0.15) is 0 Å². The standard InChI is InChI=1S/C46H46O13/c1-33(2)45(49)57-31-27-53-37-11-5-35(6-12-37)9-23-43(47)55-29-25-51-39-15-19-41(20-16-39)59-42-21-17-40(18-22-42)52-26-30-56-44(48)24-10-36-7-13-38(14-8-36)54-28-32-58-46(50)34(3)4/h5-24H,1,3,25-32H2,2,4H3. The molecular formula is C46H46O13. The molecule has 0 bridgehead atoms. The third-order valence-electron chi connectivity index (χ3n) is 7.53. The first-order chi connectivity index (χ1) is 28.5. The van der Waals surface area contributed by atoms with Crippen molar-refractivity contribution in [1.29, 1.82) is 0 Å². The zero-order valence-electron chi connectivity index (χ0n) is 32.9. The van der Waals surface area contributed by atoms with Gasteiger partial charge in [0.15, 0.2) is 0 Å². The Morgan fingerprint density at radius 1 is 0.407 bits per heavy atom. The van der Waals surface area contributed by atoms with Crippen molar-refractivity contribution in [3.8, 4) is 34.5 Å². The largest absolute Gasteiger partial charge is 0.490 e. The van der Waals surface area contributed by atoms with Crippen LogP contribution in [0, 0.1) is 0 Å². The van der Waals surface area contributed by atoms with Gasteiger partial charge in [-0.15, -0.1) is 0 Å². The van der Waals surface area contributed by atoms with Gasteiger partial charge in [0.1, 0.15) is 87.4 Å². The Morgan fingerprint density at radius 3 is 0.983 bits per heavy atom. The average molecular weight is 807 g/mol. The highest BCUT2D eigenvalue weighted by atomic mass is 16.6. The smallest absolute Gasteiger partial charge is 0.333 e. The normalized spacial score (nSPS) is 10.7. The minimum Gasteiger partial charge on any atom is -0.490 e. The number of benzene rings is 4. The van der Waals surface area contributed by atoms with Crippen LogP contribution in [0.25, 0.3) is 12.2 Å². The molecule has 0 saturated carbocycles. The number of hydrogen-bond donors (Lipinski definition) is 0. The van der Waals surface area contributed by atoms with E-state index in [4.69, 9.17) is 42.6 Å². The van der Waals surface area contributed by atoms with Crippen molar-refractivity contribution < 1.29 is 61.8 Å². The molecule has 0 amide bonds. The van der Waals surface area contributed by atoms with E-state index in [2.05, 4.69) is 13.2 Å². The molecule has 0 unspecified atom stereocenters. The van der Waals surface area contributed by atoms with Gasteiger partial charge in [0.25, 0.3) is 0 Å². The Hall–Kier alpha value is -7.28. The highest BCUT2D eigenvalue weighted by Gasteiger charge is 2.06. The van der Waals surface area contributed by atoms with Gasteiger partial charge >= 0.3 is 23.9 Å². The minimum absolute atomic E-state index is 0.0610. The Balaban J connectivity index is 1.05. The van der Waals surface area contributed by atoms with Crippen LogP contribution in [0.15, 0.2) is 134 Å². The maximum atomic E-state index is 12.1. The summed E-state index contributed by atoms with van der Waals surface area (Å²) in [7, 11) is 0. The van der Waals surface area contributed by atoms with Gasteiger partial charge in [0, 0.05) is 23.3 Å². The van der Waals surface area contributed by atoms with Crippen LogP contribution in [0.2, 0.25) is 0 Å². The summed E-state index contributed by atoms with van der Waals surface area (Å²) in [6, 6.07) is 28.1. The topological polar surface area (TPSA) is 151 Å². The summed E-state index contributed by atoms with van der Waals surface area (Å²) < 4.78 is 48.7. The molecule has 0 saturated heterocycles. The van der Waals surface area contributed by atoms with E-state index in [1.54, 1.807) is 123 Å². The van der Waals surface area contributed by atoms with E-state index in [1.165, 1.54) is 12.2 Å². The molecule has 308 valence electrons.